The van der Waals surface area contributed by atoms with Gasteiger partial charge in [0.1, 0.15) is 11.4 Å². The summed E-state index contributed by atoms with van der Waals surface area (Å²) in [5.74, 6) is -7.01. The molecule has 0 unspecified atom stereocenters. The number of rotatable bonds is 9. The molecule has 0 spiro atoms. The SMILES string of the molecule is CC/C=C\c1c(C)cccc1-c1c(O)c(O)c(N(C2=CCC=CC=C2)c2c(O)c(O)c(-c3ccc(-c4ccccc4)c(-c4ccccc4)c3)c(O)c2O)c(O)c1O. The number of nitrogens with zero attached hydrogens (tertiary/aromatic N) is 1. The summed E-state index contributed by atoms with van der Waals surface area (Å²) in [7, 11) is 0. The highest BCUT2D eigenvalue weighted by atomic mass is 16.3. The van der Waals surface area contributed by atoms with E-state index in [1.54, 1.807) is 48.6 Å². The summed E-state index contributed by atoms with van der Waals surface area (Å²) in [6.07, 6.45) is 13.0. The fourth-order valence-corrected chi connectivity index (χ4v) is 7.21. The molecule has 6 aromatic rings. The summed E-state index contributed by atoms with van der Waals surface area (Å²) in [6, 6.07) is 29.5. The number of aryl methyl sites for hydroxylation is 1. The van der Waals surface area contributed by atoms with Crippen LogP contribution < -0.4 is 4.90 Å². The van der Waals surface area contributed by atoms with Gasteiger partial charge in [-0.2, -0.15) is 0 Å². The quantitative estimate of drug-likeness (QED) is 0.0529. The fraction of sp³-hybridized carbons (Fsp3) is 0.0833. The van der Waals surface area contributed by atoms with Crippen LogP contribution in [0.3, 0.4) is 0 Å². The molecule has 1 aliphatic rings. The number of anilines is 2. The maximum absolute atomic E-state index is 11.9. The van der Waals surface area contributed by atoms with Crippen molar-refractivity contribution in [2.24, 2.45) is 0 Å². The Morgan fingerprint density at radius 1 is 0.544 bits per heavy atom. The van der Waals surface area contributed by atoms with E-state index in [-0.39, 0.29) is 22.4 Å². The Hall–Kier alpha value is -7.52. The Bertz CT molecular complexity index is 2570. The van der Waals surface area contributed by atoms with Crippen molar-refractivity contribution in [1.82, 2.24) is 0 Å². The van der Waals surface area contributed by atoms with Crippen molar-refractivity contribution in [2.75, 3.05) is 4.90 Å². The van der Waals surface area contributed by atoms with Gasteiger partial charge in [-0.05, 0) is 76.4 Å². The van der Waals surface area contributed by atoms with Gasteiger partial charge in [0.25, 0.3) is 0 Å². The van der Waals surface area contributed by atoms with Crippen LogP contribution >= 0.6 is 0 Å². The first kappa shape index (κ1) is 37.8. The van der Waals surface area contributed by atoms with Gasteiger partial charge in [-0.1, -0.05) is 134 Å². The van der Waals surface area contributed by atoms with Gasteiger partial charge in [0.2, 0.25) is 0 Å². The highest BCUT2D eigenvalue weighted by molar-refractivity contribution is 6.00. The van der Waals surface area contributed by atoms with E-state index in [1.165, 1.54) is 6.08 Å². The number of phenols is 8. The monoisotopic (exact) mass is 759 g/mol. The minimum atomic E-state index is -0.937. The second-order valence-electron chi connectivity index (χ2n) is 13.6. The van der Waals surface area contributed by atoms with Gasteiger partial charge < -0.3 is 40.9 Å². The molecule has 0 aromatic heterocycles. The van der Waals surface area contributed by atoms with Crippen LogP contribution in [0.4, 0.5) is 11.4 Å². The Kier molecular flexibility index (Phi) is 10.4. The number of allylic oxidation sites excluding steroid dienone is 6. The van der Waals surface area contributed by atoms with Gasteiger partial charge in [0.05, 0.1) is 11.1 Å². The van der Waals surface area contributed by atoms with Crippen LogP contribution in [0.5, 0.6) is 46.0 Å². The predicted octanol–water partition coefficient (Wildman–Crippen LogP) is 11.3. The van der Waals surface area contributed by atoms with Gasteiger partial charge in [-0.15, -0.1) is 0 Å². The molecule has 9 heteroatoms. The molecule has 0 aliphatic heterocycles. The van der Waals surface area contributed by atoms with E-state index in [4.69, 9.17) is 0 Å². The van der Waals surface area contributed by atoms with Gasteiger partial charge in [-0.3, -0.25) is 4.90 Å². The van der Waals surface area contributed by atoms with Gasteiger partial charge >= 0.3 is 0 Å². The number of benzene rings is 6. The summed E-state index contributed by atoms with van der Waals surface area (Å²) >= 11 is 0. The average molecular weight is 760 g/mol. The third kappa shape index (κ3) is 6.76. The molecule has 9 nitrogen and oxygen atoms in total. The van der Waals surface area contributed by atoms with Crippen molar-refractivity contribution in [3.8, 4) is 90.5 Å². The largest absolute Gasteiger partial charge is 0.504 e. The molecule has 0 bridgehead atoms. The summed E-state index contributed by atoms with van der Waals surface area (Å²) < 4.78 is 0. The standard InChI is InChI=1S/C48H41NO8/c1-3-4-23-33-28(2)16-15-24-35(33)38-43(52)47(56)40(48(57)44(38)53)49(32-21-13-5-6-14-22-32)39-45(54)41(50)37(42(51)46(39)55)31-25-26-34(29-17-9-7-10-18-29)36(27-31)30-19-11-8-12-20-30/h4-13,15-27,50-57H,3,14H2,1-2H3/b23-4-. The van der Waals surface area contributed by atoms with E-state index in [0.717, 1.165) is 32.7 Å². The lowest BCUT2D eigenvalue weighted by Crippen LogP contribution is -2.16. The van der Waals surface area contributed by atoms with E-state index in [9.17, 15) is 40.9 Å². The summed E-state index contributed by atoms with van der Waals surface area (Å²) in [5.41, 5.74) is 3.60. The molecular formula is C48H41NO8. The van der Waals surface area contributed by atoms with Crippen LogP contribution in [0.25, 0.3) is 50.6 Å². The summed E-state index contributed by atoms with van der Waals surface area (Å²) in [6.45, 7) is 3.79. The zero-order chi connectivity index (χ0) is 40.4. The summed E-state index contributed by atoms with van der Waals surface area (Å²) in [5, 5.41) is 94.2. The lowest BCUT2D eigenvalue weighted by molar-refractivity contribution is 0.372. The molecule has 1 aliphatic carbocycles. The predicted molar refractivity (Wildman–Crippen MR) is 225 cm³/mol. The minimum Gasteiger partial charge on any atom is -0.504 e. The van der Waals surface area contributed by atoms with Crippen LogP contribution in [0, 0.1) is 6.92 Å². The number of aromatic hydroxyl groups is 8. The molecule has 8 N–H and O–H groups in total. The minimum absolute atomic E-state index is 0.120. The van der Waals surface area contributed by atoms with Crippen LogP contribution in [0.15, 0.2) is 139 Å². The third-order valence-electron chi connectivity index (χ3n) is 10.0. The van der Waals surface area contributed by atoms with Crippen LogP contribution in [-0.4, -0.2) is 40.9 Å². The van der Waals surface area contributed by atoms with E-state index in [1.807, 2.05) is 98.8 Å². The van der Waals surface area contributed by atoms with Crippen molar-refractivity contribution in [1.29, 1.82) is 0 Å². The summed E-state index contributed by atoms with van der Waals surface area (Å²) in [4.78, 5) is 0.952. The molecular weight excluding hydrogens is 719 g/mol. The first-order valence-electron chi connectivity index (χ1n) is 18.4. The Labute approximate surface area is 329 Å². The van der Waals surface area contributed by atoms with Crippen molar-refractivity contribution < 1.29 is 40.9 Å². The van der Waals surface area contributed by atoms with Crippen molar-refractivity contribution in [2.45, 2.75) is 26.7 Å². The smallest absolute Gasteiger partial charge is 0.186 e. The van der Waals surface area contributed by atoms with Crippen LogP contribution in [0.2, 0.25) is 0 Å². The van der Waals surface area contributed by atoms with Crippen LogP contribution in [-0.2, 0) is 0 Å². The molecule has 0 saturated carbocycles. The maximum atomic E-state index is 11.9. The zero-order valence-electron chi connectivity index (χ0n) is 31.2. The number of hydrogen-bond acceptors (Lipinski definition) is 9. The van der Waals surface area contributed by atoms with Crippen molar-refractivity contribution >= 4 is 17.5 Å². The van der Waals surface area contributed by atoms with Gasteiger partial charge in [-0.25, -0.2) is 0 Å². The maximum Gasteiger partial charge on any atom is 0.186 e. The van der Waals surface area contributed by atoms with E-state index in [0.29, 0.717) is 24.0 Å². The van der Waals surface area contributed by atoms with Gasteiger partial charge in [0, 0.05) is 5.70 Å². The molecule has 0 atom stereocenters. The average Bonchev–Trinajstić information content (AvgIpc) is 3.52. The second-order valence-corrected chi connectivity index (χ2v) is 13.6. The molecule has 6 aromatic carbocycles. The second kappa shape index (κ2) is 15.7. The highest BCUT2D eigenvalue weighted by Gasteiger charge is 2.36. The normalized spacial score (nSPS) is 12.5. The zero-order valence-corrected chi connectivity index (χ0v) is 31.2. The lowest BCUT2D eigenvalue weighted by Gasteiger charge is -2.31. The van der Waals surface area contributed by atoms with E-state index >= 15 is 0 Å². The number of hydrogen-bond donors (Lipinski definition) is 8. The Morgan fingerprint density at radius 2 is 1.11 bits per heavy atom. The lowest BCUT2D eigenvalue weighted by atomic mass is 9.90. The Balaban J connectivity index is 1.46. The molecule has 0 fully saturated rings. The van der Waals surface area contributed by atoms with E-state index < -0.39 is 57.4 Å². The van der Waals surface area contributed by atoms with Crippen LogP contribution in [0.1, 0.15) is 30.9 Å². The highest BCUT2D eigenvalue weighted by Crippen LogP contribution is 2.63. The van der Waals surface area contributed by atoms with Crippen molar-refractivity contribution in [3.05, 3.63) is 150 Å². The topological polar surface area (TPSA) is 165 Å². The molecule has 0 amide bonds. The molecule has 0 heterocycles. The molecule has 286 valence electrons. The Morgan fingerprint density at radius 3 is 1.68 bits per heavy atom. The molecule has 7 rings (SSSR count). The fourth-order valence-electron chi connectivity index (χ4n) is 7.21. The third-order valence-corrected chi connectivity index (χ3v) is 10.0. The molecule has 0 saturated heterocycles. The molecule has 0 radical (unpaired) electrons. The van der Waals surface area contributed by atoms with Crippen molar-refractivity contribution in [3.63, 3.8) is 0 Å². The van der Waals surface area contributed by atoms with E-state index in [2.05, 4.69) is 0 Å². The number of phenolic OH excluding ortho intramolecular Hbond substituents is 8. The van der Waals surface area contributed by atoms with Gasteiger partial charge in [0.15, 0.2) is 46.0 Å². The molecule has 57 heavy (non-hydrogen) atoms. The first-order valence-corrected chi connectivity index (χ1v) is 18.4. The first-order chi connectivity index (χ1) is 27.5.